The number of halogens is 1. The zero-order chi connectivity index (χ0) is 9.84. The standard InChI is InChI=1S/C10H12BrNO/c1-2-10(13)7-4-3-5-9(12)8(7)6-11/h3-5H,2,6,12H2,1H3. The van der Waals surface area contributed by atoms with Gasteiger partial charge in [0.1, 0.15) is 0 Å². The van der Waals surface area contributed by atoms with Crippen molar-refractivity contribution in [2.24, 2.45) is 0 Å². The van der Waals surface area contributed by atoms with Gasteiger partial charge in [-0.2, -0.15) is 0 Å². The van der Waals surface area contributed by atoms with Crippen LogP contribution in [0.3, 0.4) is 0 Å². The van der Waals surface area contributed by atoms with Gasteiger partial charge >= 0.3 is 0 Å². The van der Waals surface area contributed by atoms with Crippen molar-refractivity contribution in [2.45, 2.75) is 18.7 Å². The van der Waals surface area contributed by atoms with Crippen LogP contribution in [-0.2, 0) is 5.33 Å². The Morgan fingerprint density at radius 2 is 2.23 bits per heavy atom. The van der Waals surface area contributed by atoms with E-state index in [0.717, 1.165) is 11.1 Å². The Labute approximate surface area is 86.3 Å². The molecule has 0 bridgehead atoms. The van der Waals surface area contributed by atoms with E-state index in [-0.39, 0.29) is 5.78 Å². The van der Waals surface area contributed by atoms with Crippen LogP contribution < -0.4 is 5.73 Å². The fraction of sp³-hybridized carbons (Fsp3) is 0.300. The Balaban J connectivity index is 3.20. The number of carbonyl (C=O) groups excluding carboxylic acids is 1. The fourth-order valence-electron chi connectivity index (χ4n) is 1.21. The molecule has 0 aliphatic rings. The normalized spacial score (nSPS) is 10.0. The molecule has 0 atom stereocenters. The third-order valence-corrected chi connectivity index (χ3v) is 2.53. The molecule has 3 heteroatoms. The van der Waals surface area contributed by atoms with Gasteiger partial charge in [0.2, 0.25) is 0 Å². The third-order valence-electron chi connectivity index (χ3n) is 1.97. The zero-order valence-electron chi connectivity index (χ0n) is 7.51. The average molecular weight is 242 g/mol. The largest absolute Gasteiger partial charge is 0.398 e. The van der Waals surface area contributed by atoms with E-state index >= 15 is 0 Å². The van der Waals surface area contributed by atoms with Crippen LogP contribution in [0.5, 0.6) is 0 Å². The number of anilines is 1. The van der Waals surface area contributed by atoms with Gasteiger partial charge in [0.05, 0.1) is 0 Å². The number of carbonyl (C=O) groups is 1. The molecular weight excluding hydrogens is 230 g/mol. The highest BCUT2D eigenvalue weighted by atomic mass is 79.9. The molecule has 0 saturated heterocycles. The van der Waals surface area contributed by atoms with Gasteiger partial charge < -0.3 is 5.73 Å². The van der Waals surface area contributed by atoms with Crippen LogP contribution in [-0.4, -0.2) is 5.78 Å². The number of hydrogen-bond donors (Lipinski definition) is 1. The van der Waals surface area contributed by atoms with E-state index in [1.165, 1.54) is 0 Å². The number of nitrogen functional groups attached to an aromatic ring is 1. The molecule has 0 spiro atoms. The predicted octanol–water partition coefficient (Wildman–Crippen LogP) is 2.76. The monoisotopic (exact) mass is 241 g/mol. The third kappa shape index (κ3) is 2.10. The van der Waals surface area contributed by atoms with Crippen LogP contribution >= 0.6 is 15.9 Å². The van der Waals surface area contributed by atoms with Gasteiger partial charge in [-0.1, -0.05) is 35.0 Å². The molecule has 2 N–H and O–H groups in total. The predicted molar refractivity (Wildman–Crippen MR) is 58.1 cm³/mol. The molecule has 1 aromatic carbocycles. The Kier molecular flexibility index (Phi) is 3.48. The van der Waals surface area contributed by atoms with Gasteiger partial charge in [-0.25, -0.2) is 0 Å². The minimum atomic E-state index is 0.141. The molecule has 70 valence electrons. The molecule has 0 aliphatic carbocycles. The molecule has 0 aliphatic heterocycles. The molecule has 0 amide bonds. The van der Waals surface area contributed by atoms with Crippen molar-refractivity contribution >= 4 is 27.4 Å². The van der Waals surface area contributed by atoms with E-state index < -0.39 is 0 Å². The first-order chi connectivity index (χ1) is 6.20. The van der Waals surface area contributed by atoms with Crippen molar-refractivity contribution in [2.75, 3.05) is 5.73 Å². The molecular formula is C10H12BrNO. The highest BCUT2D eigenvalue weighted by Crippen LogP contribution is 2.21. The lowest BCUT2D eigenvalue weighted by Gasteiger charge is -2.07. The van der Waals surface area contributed by atoms with E-state index in [1.807, 2.05) is 25.1 Å². The van der Waals surface area contributed by atoms with Crippen LogP contribution in [0.25, 0.3) is 0 Å². The lowest BCUT2D eigenvalue weighted by molar-refractivity contribution is 0.0987. The quantitative estimate of drug-likeness (QED) is 0.503. The zero-order valence-corrected chi connectivity index (χ0v) is 9.10. The second kappa shape index (κ2) is 4.42. The topological polar surface area (TPSA) is 43.1 Å². The summed E-state index contributed by atoms with van der Waals surface area (Å²) < 4.78 is 0. The molecule has 0 unspecified atom stereocenters. The maximum Gasteiger partial charge on any atom is 0.162 e. The molecule has 0 fully saturated rings. The molecule has 0 aromatic heterocycles. The van der Waals surface area contributed by atoms with Crippen molar-refractivity contribution in [3.8, 4) is 0 Å². The summed E-state index contributed by atoms with van der Waals surface area (Å²) in [5.74, 6) is 0.141. The first kappa shape index (κ1) is 10.3. The molecule has 1 rings (SSSR count). The number of benzene rings is 1. The summed E-state index contributed by atoms with van der Waals surface area (Å²) in [5.41, 5.74) is 8.05. The smallest absolute Gasteiger partial charge is 0.162 e. The van der Waals surface area contributed by atoms with E-state index in [4.69, 9.17) is 5.73 Å². The minimum Gasteiger partial charge on any atom is -0.398 e. The van der Waals surface area contributed by atoms with E-state index in [1.54, 1.807) is 0 Å². The second-order valence-electron chi connectivity index (χ2n) is 2.78. The Hall–Kier alpha value is -0.830. The minimum absolute atomic E-state index is 0.141. The number of rotatable bonds is 3. The lowest BCUT2D eigenvalue weighted by Crippen LogP contribution is -2.04. The number of ketones is 1. The average Bonchev–Trinajstić information content (AvgIpc) is 2.16. The number of Topliss-reactive ketones (excluding diaryl/α,β-unsaturated/α-hetero) is 1. The van der Waals surface area contributed by atoms with Gasteiger partial charge in [0, 0.05) is 23.0 Å². The van der Waals surface area contributed by atoms with Crippen molar-refractivity contribution < 1.29 is 4.79 Å². The highest BCUT2D eigenvalue weighted by molar-refractivity contribution is 9.08. The van der Waals surface area contributed by atoms with Gasteiger partial charge in [-0.15, -0.1) is 0 Å². The molecule has 0 heterocycles. The highest BCUT2D eigenvalue weighted by Gasteiger charge is 2.10. The Morgan fingerprint density at radius 3 is 2.77 bits per heavy atom. The molecule has 2 nitrogen and oxygen atoms in total. The maximum atomic E-state index is 11.5. The van der Waals surface area contributed by atoms with Gasteiger partial charge in [0.15, 0.2) is 5.78 Å². The fourth-order valence-corrected chi connectivity index (χ4v) is 1.83. The molecule has 0 saturated carbocycles. The molecule has 0 radical (unpaired) electrons. The summed E-state index contributed by atoms with van der Waals surface area (Å²) in [7, 11) is 0. The van der Waals surface area contributed by atoms with Crippen LogP contribution in [0.15, 0.2) is 18.2 Å². The van der Waals surface area contributed by atoms with E-state index in [0.29, 0.717) is 17.4 Å². The Morgan fingerprint density at radius 1 is 1.54 bits per heavy atom. The van der Waals surface area contributed by atoms with Gasteiger partial charge in [0.25, 0.3) is 0 Å². The van der Waals surface area contributed by atoms with Crippen LogP contribution in [0.2, 0.25) is 0 Å². The second-order valence-corrected chi connectivity index (χ2v) is 3.34. The SMILES string of the molecule is CCC(=O)c1cccc(N)c1CBr. The van der Waals surface area contributed by atoms with Gasteiger partial charge in [-0.05, 0) is 11.6 Å². The molecule has 13 heavy (non-hydrogen) atoms. The summed E-state index contributed by atoms with van der Waals surface area (Å²) in [5, 5.41) is 0.626. The summed E-state index contributed by atoms with van der Waals surface area (Å²) in [6.07, 6.45) is 0.517. The number of hydrogen-bond acceptors (Lipinski definition) is 2. The van der Waals surface area contributed by atoms with Crippen LogP contribution in [0.4, 0.5) is 5.69 Å². The summed E-state index contributed by atoms with van der Waals surface area (Å²) in [6.45, 7) is 1.85. The first-order valence-corrected chi connectivity index (χ1v) is 5.29. The summed E-state index contributed by atoms with van der Waals surface area (Å²) in [4.78, 5) is 11.5. The van der Waals surface area contributed by atoms with Crippen molar-refractivity contribution in [3.05, 3.63) is 29.3 Å². The number of alkyl halides is 1. The van der Waals surface area contributed by atoms with Crippen molar-refractivity contribution in [1.29, 1.82) is 0 Å². The van der Waals surface area contributed by atoms with E-state index in [2.05, 4.69) is 15.9 Å². The summed E-state index contributed by atoms with van der Waals surface area (Å²) >= 11 is 3.32. The maximum absolute atomic E-state index is 11.5. The van der Waals surface area contributed by atoms with Crippen LogP contribution in [0, 0.1) is 0 Å². The summed E-state index contributed by atoms with van der Waals surface area (Å²) in [6, 6.07) is 5.44. The van der Waals surface area contributed by atoms with Crippen LogP contribution in [0.1, 0.15) is 29.3 Å². The number of nitrogens with two attached hydrogens (primary N) is 1. The van der Waals surface area contributed by atoms with Gasteiger partial charge in [-0.3, -0.25) is 4.79 Å². The van der Waals surface area contributed by atoms with Crippen molar-refractivity contribution in [3.63, 3.8) is 0 Å². The molecule has 1 aromatic rings. The van der Waals surface area contributed by atoms with E-state index in [9.17, 15) is 4.79 Å². The Bertz CT molecular complexity index is 323. The first-order valence-electron chi connectivity index (χ1n) is 4.17. The lowest BCUT2D eigenvalue weighted by atomic mass is 10.0. The van der Waals surface area contributed by atoms with Crippen molar-refractivity contribution in [1.82, 2.24) is 0 Å².